The van der Waals surface area contributed by atoms with Gasteiger partial charge in [-0.25, -0.2) is 0 Å². The summed E-state index contributed by atoms with van der Waals surface area (Å²) in [6.07, 6.45) is 5.69. The van der Waals surface area contributed by atoms with E-state index in [9.17, 15) is 0 Å². The fourth-order valence-electron chi connectivity index (χ4n) is 2.02. The van der Waals surface area contributed by atoms with Gasteiger partial charge in [0.05, 0.1) is 0 Å². The van der Waals surface area contributed by atoms with Gasteiger partial charge in [-0.2, -0.15) is 11.8 Å². The number of rotatable bonds is 5. The van der Waals surface area contributed by atoms with Crippen molar-refractivity contribution in [2.75, 3.05) is 24.6 Å². The lowest BCUT2D eigenvalue weighted by atomic mass is 10.0. The first-order valence-electron chi connectivity index (χ1n) is 6.13. The number of pyridine rings is 1. The van der Waals surface area contributed by atoms with Crippen molar-refractivity contribution < 1.29 is 0 Å². The zero-order chi connectivity index (χ0) is 11.1. The minimum absolute atomic E-state index is 0.907. The maximum atomic E-state index is 4.32. The van der Waals surface area contributed by atoms with Gasteiger partial charge in [-0.3, -0.25) is 4.98 Å². The van der Waals surface area contributed by atoms with E-state index < -0.39 is 0 Å². The predicted molar refractivity (Wildman–Crippen MR) is 70.9 cm³/mol. The first kappa shape index (κ1) is 11.9. The molecule has 88 valence electrons. The van der Waals surface area contributed by atoms with Gasteiger partial charge in [-0.15, -0.1) is 0 Å². The van der Waals surface area contributed by atoms with Gasteiger partial charge < -0.3 is 5.32 Å². The summed E-state index contributed by atoms with van der Waals surface area (Å²) in [6, 6.07) is 6.12. The highest BCUT2D eigenvalue weighted by Crippen LogP contribution is 2.21. The fraction of sp³-hybridized carbons (Fsp3) is 0.615. The van der Waals surface area contributed by atoms with Gasteiger partial charge in [0.2, 0.25) is 0 Å². The van der Waals surface area contributed by atoms with Crippen molar-refractivity contribution in [3.05, 3.63) is 30.1 Å². The Balaban J connectivity index is 1.58. The average molecular weight is 236 g/mol. The van der Waals surface area contributed by atoms with Crippen LogP contribution >= 0.6 is 11.8 Å². The molecule has 1 aromatic heterocycles. The van der Waals surface area contributed by atoms with E-state index in [-0.39, 0.29) is 0 Å². The third-order valence-electron chi connectivity index (χ3n) is 3.06. The minimum atomic E-state index is 0.907. The largest absolute Gasteiger partial charge is 0.316 e. The van der Waals surface area contributed by atoms with Crippen LogP contribution in [0, 0.1) is 5.92 Å². The smallest absolute Gasteiger partial charge is 0.0416 e. The number of hydrogen-bond acceptors (Lipinski definition) is 3. The molecule has 2 rings (SSSR count). The van der Waals surface area contributed by atoms with Gasteiger partial charge in [0.1, 0.15) is 0 Å². The Labute approximate surface area is 102 Å². The molecule has 1 aromatic rings. The molecule has 1 N–H and O–H groups in total. The van der Waals surface area contributed by atoms with Crippen LogP contribution in [0.3, 0.4) is 0 Å². The first-order valence-corrected chi connectivity index (χ1v) is 7.29. The lowest BCUT2D eigenvalue weighted by molar-refractivity contribution is 0.449. The van der Waals surface area contributed by atoms with Gasteiger partial charge >= 0.3 is 0 Å². The molecular formula is C13H20N2S. The number of hydrogen-bond donors (Lipinski definition) is 1. The van der Waals surface area contributed by atoms with E-state index in [0.29, 0.717) is 0 Å². The van der Waals surface area contributed by atoms with Crippen molar-refractivity contribution in [3.8, 4) is 0 Å². The monoisotopic (exact) mass is 236 g/mol. The van der Waals surface area contributed by atoms with Crippen molar-refractivity contribution in [1.82, 2.24) is 10.3 Å². The zero-order valence-electron chi connectivity index (χ0n) is 9.69. The molecule has 2 nitrogen and oxygen atoms in total. The minimum Gasteiger partial charge on any atom is -0.316 e. The Morgan fingerprint density at radius 1 is 1.31 bits per heavy atom. The second-order valence-corrected chi connectivity index (χ2v) is 5.56. The molecule has 3 heteroatoms. The molecule has 0 spiro atoms. The summed E-state index contributed by atoms with van der Waals surface area (Å²) in [5, 5.41) is 3.55. The Bertz CT molecular complexity index is 283. The van der Waals surface area contributed by atoms with Crippen molar-refractivity contribution in [2.24, 2.45) is 5.92 Å². The number of thioether (sulfide) groups is 1. The highest BCUT2D eigenvalue weighted by atomic mass is 32.2. The van der Waals surface area contributed by atoms with Crippen LogP contribution in [0.15, 0.2) is 24.4 Å². The van der Waals surface area contributed by atoms with Crippen molar-refractivity contribution in [2.45, 2.75) is 19.3 Å². The van der Waals surface area contributed by atoms with Gasteiger partial charge in [-0.1, -0.05) is 6.07 Å². The van der Waals surface area contributed by atoms with Crippen molar-refractivity contribution in [1.29, 1.82) is 0 Å². The molecule has 0 saturated carbocycles. The van der Waals surface area contributed by atoms with E-state index in [1.807, 2.05) is 12.3 Å². The molecule has 1 fully saturated rings. The van der Waals surface area contributed by atoms with Crippen LogP contribution in [0.4, 0.5) is 0 Å². The summed E-state index contributed by atoms with van der Waals surface area (Å²) in [6.45, 7) is 2.24. The molecule has 0 bridgehead atoms. The second kappa shape index (κ2) is 6.92. The van der Waals surface area contributed by atoms with E-state index >= 15 is 0 Å². The standard InChI is InChI=1S/C13H20N2S/c1-2-7-15-13(3-1)4-8-14-11-12-5-9-16-10-6-12/h1-3,7,12,14H,4-6,8-11H2. The molecular weight excluding hydrogens is 216 g/mol. The summed E-state index contributed by atoms with van der Waals surface area (Å²) in [4.78, 5) is 4.32. The van der Waals surface area contributed by atoms with Crippen LogP contribution in [0.25, 0.3) is 0 Å². The van der Waals surface area contributed by atoms with E-state index in [2.05, 4.69) is 34.2 Å². The number of nitrogens with zero attached hydrogens (tertiary/aromatic N) is 1. The summed E-state index contributed by atoms with van der Waals surface area (Å²) in [5.74, 6) is 3.61. The van der Waals surface area contributed by atoms with Crippen LogP contribution in [-0.2, 0) is 6.42 Å². The topological polar surface area (TPSA) is 24.9 Å². The van der Waals surface area contributed by atoms with Crippen molar-refractivity contribution >= 4 is 11.8 Å². The molecule has 0 amide bonds. The van der Waals surface area contributed by atoms with Gasteiger partial charge in [0.25, 0.3) is 0 Å². The van der Waals surface area contributed by atoms with Crippen molar-refractivity contribution in [3.63, 3.8) is 0 Å². The lowest BCUT2D eigenvalue weighted by Gasteiger charge is -2.21. The van der Waals surface area contributed by atoms with Crippen LogP contribution in [0.2, 0.25) is 0 Å². The molecule has 16 heavy (non-hydrogen) atoms. The Hall–Kier alpha value is -0.540. The van der Waals surface area contributed by atoms with E-state index in [0.717, 1.165) is 18.9 Å². The zero-order valence-corrected chi connectivity index (χ0v) is 10.5. The normalized spacial score (nSPS) is 17.5. The molecule has 0 aromatic carbocycles. The SMILES string of the molecule is c1ccc(CCNCC2CCSCC2)nc1. The van der Waals surface area contributed by atoms with Gasteiger partial charge in [-0.05, 0) is 48.9 Å². The fourth-order valence-corrected chi connectivity index (χ4v) is 3.22. The quantitative estimate of drug-likeness (QED) is 0.794. The maximum Gasteiger partial charge on any atom is 0.0416 e. The third kappa shape index (κ3) is 4.14. The molecule has 0 atom stereocenters. The lowest BCUT2D eigenvalue weighted by Crippen LogP contribution is -2.27. The molecule has 1 aliphatic heterocycles. The van der Waals surface area contributed by atoms with Crippen LogP contribution in [0.1, 0.15) is 18.5 Å². The van der Waals surface area contributed by atoms with Crippen LogP contribution < -0.4 is 5.32 Å². The van der Waals surface area contributed by atoms with Crippen LogP contribution in [-0.4, -0.2) is 29.6 Å². The molecule has 0 unspecified atom stereocenters. The molecule has 2 heterocycles. The summed E-state index contributed by atoms with van der Waals surface area (Å²) < 4.78 is 0. The van der Waals surface area contributed by atoms with E-state index in [1.165, 1.54) is 36.6 Å². The molecule has 1 aliphatic rings. The Morgan fingerprint density at radius 3 is 2.94 bits per heavy atom. The molecule has 1 saturated heterocycles. The Kier molecular flexibility index (Phi) is 5.16. The Morgan fingerprint density at radius 2 is 2.19 bits per heavy atom. The second-order valence-electron chi connectivity index (χ2n) is 4.33. The molecule has 0 radical (unpaired) electrons. The summed E-state index contributed by atoms with van der Waals surface area (Å²) in [7, 11) is 0. The average Bonchev–Trinajstić information content (AvgIpc) is 2.37. The number of nitrogens with one attached hydrogen (secondary N) is 1. The third-order valence-corrected chi connectivity index (χ3v) is 4.11. The van der Waals surface area contributed by atoms with E-state index in [4.69, 9.17) is 0 Å². The summed E-state index contributed by atoms with van der Waals surface area (Å²) >= 11 is 2.10. The highest BCUT2D eigenvalue weighted by Gasteiger charge is 2.12. The van der Waals surface area contributed by atoms with Gasteiger partial charge in [0.15, 0.2) is 0 Å². The first-order chi connectivity index (χ1) is 7.95. The van der Waals surface area contributed by atoms with Gasteiger partial charge in [0, 0.05) is 24.9 Å². The van der Waals surface area contributed by atoms with E-state index in [1.54, 1.807) is 0 Å². The number of aromatic nitrogens is 1. The van der Waals surface area contributed by atoms with Crippen LogP contribution in [0.5, 0.6) is 0 Å². The predicted octanol–water partition coefficient (Wildman–Crippen LogP) is 2.36. The molecule has 0 aliphatic carbocycles. The summed E-state index contributed by atoms with van der Waals surface area (Å²) in [5.41, 5.74) is 1.19. The highest BCUT2D eigenvalue weighted by molar-refractivity contribution is 7.99. The maximum absolute atomic E-state index is 4.32.